The summed E-state index contributed by atoms with van der Waals surface area (Å²) in [6, 6.07) is 11.1. The van der Waals surface area contributed by atoms with Crippen LogP contribution < -0.4 is 15.5 Å². The van der Waals surface area contributed by atoms with Gasteiger partial charge in [0, 0.05) is 49.5 Å². The van der Waals surface area contributed by atoms with E-state index in [9.17, 15) is 18.0 Å². The van der Waals surface area contributed by atoms with Gasteiger partial charge in [-0.25, -0.2) is 4.79 Å². The van der Waals surface area contributed by atoms with E-state index in [0.29, 0.717) is 16.8 Å². The molecule has 1 saturated heterocycles. The predicted octanol–water partition coefficient (Wildman–Crippen LogP) is 4.80. The standard InChI is InChI=1S/C24H26F3N5O2/c1-31-6-8-32(9-7-31)19-13-20-21(11-17(24(25,26)27)12-22(20)29-15-19)28-14-16-4-3-5-18(10-16)30-23(33)34-2/h3-5,10-13,15,28H,6-9,14H2,1-2H3,(H,30,33). The van der Waals surface area contributed by atoms with Crippen molar-refractivity contribution in [2.24, 2.45) is 0 Å². The molecule has 0 spiro atoms. The highest BCUT2D eigenvalue weighted by Crippen LogP contribution is 2.36. The maximum absolute atomic E-state index is 13.6. The number of piperazine rings is 1. The van der Waals surface area contributed by atoms with E-state index in [4.69, 9.17) is 0 Å². The van der Waals surface area contributed by atoms with Crippen LogP contribution in [0.3, 0.4) is 0 Å². The summed E-state index contributed by atoms with van der Waals surface area (Å²) >= 11 is 0. The molecule has 1 aromatic heterocycles. The van der Waals surface area contributed by atoms with Crippen molar-refractivity contribution in [1.29, 1.82) is 0 Å². The Labute approximate surface area is 195 Å². The van der Waals surface area contributed by atoms with Crippen LogP contribution in [0.5, 0.6) is 0 Å². The van der Waals surface area contributed by atoms with Crippen LogP contribution in [0.15, 0.2) is 48.7 Å². The molecule has 2 aromatic carbocycles. The topological polar surface area (TPSA) is 69.7 Å². The van der Waals surface area contributed by atoms with Crippen molar-refractivity contribution < 1.29 is 22.7 Å². The second-order valence-corrected chi connectivity index (χ2v) is 8.24. The van der Waals surface area contributed by atoms with Gasteiger partial charge < -0.3 is 19.9 Å². The van der Waals surface area contributed by atoms with Crippen LogP contribution in [-0.4, -0.2) is 56.3 Å². The third kappa shape index (κ3) is 5.51. The Bertz CT molecular complexity index is 1180. The van der Waals surface area contributed by atoms with Gasteiger partial charge in [-0.05, 0) is 42.9 Å². The first kappa shape index (κ1) is 23.6. The molecule has 10 heteroatoms. The fourth-order valence-corrected chi connectivity index (χ4v) is 3.89. The van der Waals surface area contributed by atoms with Crippen LogP contribution in [0.4, 0.5) is 35.0 Å². The molecule has 0 unspecified atom stereocenters. The van der Waals surface area contributed by atoms with Crippen LogP contribution in [-0.2, 0) is 17.5 Å². The predicted molar refractivity (Wildman–Crippen MR) is 126 cm³/mol. The molecule has 1 amide bonds. The molecule has 4 rings (SSSR count). The average molecular weight is 473 g/mol. The molecule has 0 atom stereocenters. The van der Waals surface area contributed by atoms with Gasteiger partial charge in [-0.1, -0.05) is 12.1 Å². The fourth-order valence-electron chi connectivity index (χ4n) is 3.89. The Morgan fingerprint density at radius 3 is 2.59 bits per heavy atom. The van der Waals surface area contributed by atoms with E-state index in [1.807, 2.05) is 12.1 Å². The van der Waals surface area contributed by atoms with Crippen molar-refractivity contribution in [3.8, 4) is 0 Å². The zero-order valence-corrected chi connectivity index (χ0v) is 18.9. The van der Waals surface area contributed by atoms with Crippen molar-refractivity contribution >= 4 is 34.1 Å². The van der Waals surface area contributed by atoms with Crippen LogP contribution in [0.25, 0.3) is 10.9 Å². The summed E-state index contributed by atoms with van der Waals surface area (Å²) in [5.41, 5.74) is 2.05. The van der Waals surface area contributed by atoms with E-state index in [0.717, 1.165) is 49.6 Å². The first-order valence-corrected chi connectivity index (χ1v) is 10.9. The number of benzene rings is 2. The average Bonchev–Trinajstić information content (AvgIpc) is 2.82. The Kier molecular flexibility index (Phi) is 6.78. The van der Waals surface area contributed by atoms with Gasteiger partial charge in [0.05, 0.1) is 30.1 Å². The first-order valence-electron chi connectivity index (χ1n) is 10.9. The third-order valence-corrected chi connectivity index (χ3v) is 5.82. The SMILES string of the molecule is COC(=O)Nc1cccc(CNc2cc(C(F)(F)F)cc3ncc(N4CCN(C)CC4)cc23)c1. The van der Waals surface area contributed by atoms with Gasteiger partial charge in [0.1, 0.15) is 0 Å². The number of anilines is 3. The minimum absolute atomic E-state index is 0.256. The number of alkyl halides is 3. The maximum Gasteiger partial charge on any atom is 0.416 e. The van der Waals surface area contributed by atoms with Crippen molar-refractivity contribution in [2.45, 2.75) is 12.7 Å². The minimum atomic E-state index is -4.49. The Balaban J connectivity index is 1.64. The van der Waals surface area contributed by atoms with E-state index in [1.54, 1.807) is 24.4 Å². The Morgan fingerprint density at radius 1 is 1.12 bits per heavy atom. The number of amides is 1. The molecule has 7 nitrogen and oxygen atoms in total. The number of carbonyl (C=O) groups is 1. The van der Waals surface area contributed by atoms with Gasteiger partial charge in [0.15, 0.2) is 0 Å². The molecular weight excluding hydrogens is 447 g/mol. The van der Waals surface area contributed by atoms with Crippen molar-refractivity contribution in [1.82, 2.24) is 9.88 Å². The van der Waals surface area contributed by atoms with Gasteiger partial charge in [-0.15, -0.1) is 0 Å². The van der Waals surface area contributed by atoms with Crippen LogP contribution >= 0.6 is 0 Å². The van der Waals surface area contributed by atoms with Crippen LogP contribution in [0.2, 0.25) is 0 Å². The fraction of sp³-hybridized carbons (Fsp3) is 0.333. The number of ether oxygens (including phenoxy) is 1. The Morgan fingerprint density at radius 2 is 1.88 bits per heavy atom. The second kappa shape index (κ2) is 9.76. The molecule has 0 radical (unpaired) electrons. The highest BCUT2D eigenvalue weighted by Gasteiger charge is 2.31. The van der Waals surface area contributed by atoms with Gasteiger partial charge in [0.2, 0.25) is 0 Å². The highest BCUT2D eigenvalue weighted by atomic mass is 19.4. The number of likely N-dealkylation sites (N-methyl/N-ethyl adjacent to an activating group) is 1. The summed E-state index contributed by atoms with van der Waals surface area (Å²) in [7, 11) is 3.33. The lowest BCUT2D eigenvalue weighted by molar-refractivity contribution is -0.137. The number of rotatable bonds is 5. The van der Waals surface area contributed by atoms with E-state index in [2.05, 4.69) is 37.2 Å². The lowest BCUT2D eigenvalue weighted by atomic mass is 10.1. The van der Waals surface area contributed by atoms with E-state index in [1.165, 1.54) is 7.11 Å². The van der Waals surface area contributed by atoms with Gasteiger partial charge in [0.25, 0.3) is 0 Å². The maximum atomic E-state index is 13.6. The lowest BCUT2D eigenvalue weighted by Gasteiger charge is -2.34. The quantitative estimate of drug-likeness (QED) is 0.555. The normalized spacial score (nSPS) is 14.8. The number of nitrogens with one attached hydrogen (secondary N) is 2. The summed E-state index contributed by atoms with van der Waals surface area (Å²) in [6.45, 7) is 3.73. The van der Waals surface area contributed by atoms with Crippen molar-refractivity contribution in [3.05, 3.63) is 59.8 Å². The van der Waals surface area contributed by atoms with Crippen molar-refractivity contribution in [3.63, 3.8) is 0 Å². The smallest absolute Gasteiger partial charge is 0.416 e. The third-order valence-electron chi connectivity index (χ3n) is 5.82. The van der Waals surface area contributed by atoms with E-state index in [-0.39, 0.29) is 12.1 Å². The first-order chi connectivity index (χ1) is 16.2. The molecule has 0 aliphatic carbocycles. The molecule has 1 aliphatic heterocycles. The monoisotopic (exact) mass is 473 g/mol. The number of fused-ring (bicyclic) bond motifs is 1. The molecule has 0 bridgehead atoms. The van der Waals surface area contributed by atoms with Crippen molar-refractivity contribution in [2.75, 3.05) is 55.9 Å². The molecule has 34 heavy (non-hydrogen) atoms. The molecule has 1 aliphatic rings. The summed E-state index contributed by atoms with van der Waals surface area (Å²) in [4.78, 5) is 20.2. The van der Waals surface area contributed by atoms with Gasteiger partial charge >= 0.3 is 12.3 Å². The number of hydrogen-bond donors (Lipinski definition) is 2. The number of pyridine rings is 1. The Hall–Kier alpha value is -3.53. The zero-order valence-electron chi connectivity index (χ0n) is 18.9. The molecule has 2 N–H and O–H groups in total. The van der Waals surface area contributed by atoms with Gasteiger partial charge in [-0.2, -0.15) is 13.2 Å². The minimum Gasteiger partial charge on any atom is -0.453 e. The summed E-state index contributed by atoms with van der Waals surface area (Å²) < 4.78 is 45.3. The molecule has 3 aromatic rings. The number of nitrogens with zero attached hydrogens (tertiary/aromatic N) is 3. The second-order valence-electron chi connectivity index (χ2n) is 8.24. The van der Waals surface area contributed by atoms with Crippen LogP contribution in [0.1, 0.15) is 11.1 Å². The molecule has 180 valence electrons. The van der Waals surface area contributed by atoms with E-state index < -0.39 is 17.8 Å². The summed E-state index contributed by atoms with van der Waals surface area (Å²) in [5, 5.41) is 6.34. The number of aromatic nitrogens is 1. The number of methoxy groups -OCH3 is 1. The lowest BCUT2D eigenvalue weighted by Crippen LogP contribution is -2.44. The number of hydrogen-bond acceptors (Lipinski definition) is 6. The number of halogens is 3. The molecular formula is C24H26F3N5O2. The van der Waals surface area contributed by atoms with Crippen LogP contribution in [0, 0.1) is 0 Å². The number of carbonyl (C=O) groups excluding carboxylic acids is 1. The van der Waals surface area contributed by atoms with E-state index >= 15 is 0 Å². The summed E-state index contributed by atoms with van der Waals surface area (Å²) in [6.07, 6.45) is -3.46. The zero-order chi connectivity index (χ0) is 24.3. The highest BCUT2D eigenvalue weighted by molar-refractivity contribution is 5.94. The largest absolute Gasteiger partial charge is 0.453 e. The van der Waals surface area contributed by atoms with Gasteiger partial charge in [-0.3, -0.25) is 10.3 Å². The molecule has 0 saturated carbocycles. The molecule has 2 heterocycles. The molecule has 1 fully saturated rings. The summed E-state index contributed by atoms with van der Waals surface area (Å²) in [5.74, 6) is 0.